The second-order valence-corrected chi connectivity index (χ2v) is 6.05. The van der Waals surface area contributed by atoms with Crippen molar-refractivity contribution in [3.63, 3.8) is 0 Å². The summed E-state index contributed by atoms with van der Waals surface area (Å²) in [5.74, 6) is 0.778. The Morgan fingerprint density at radius 1 is 1.00 bits per heavy atom. The number of hydrogen-bond donors (Lipinski definition) is 0. The summed E-state index contributed by atoms with van der Waals surface area (Å²) in [6, 6.07) is 11.8. The van der Waals surface area contributed by atoms with Crippen molar-refractivity contribution in [2.75, 3.05) is 24.5 Å². The molecule has 0 bridgehead atoms. The first-order valence-electron chi connectivity index (χ1n) is 9.09. The molecule has 0 saturated carbocycles. The first-order chi connectivity index (χ1) is 12.2. The molecule has 0 unspecified atom stereocenters. The van der Waals surface area contributed by atoms with E-state index in [2.05, 4.69) is 28.7 Å². The molecule has 2 rings (SSSR count). The average molecular weight is 340 g/mol. The quantitative estimate of drug-likeness (QED) is 0.697. The molecule has 1 aromatic carbocycles. The Morgan fingerprint density at radius 2 is 1.68 bits per heavy atom. The van der Waals surface area contributed by atoms with Crippen LogP contribution in [-0.4, -0.2) is 40.4 Å². The molecule has 2 aromatic rings. The van der Waals surface area contributed by atoms with Crippen LogP contribution in [0.3, 0.4) is 0 Å². The molecule has 134 valence electrons. The fourth-order valence-electron chi connectivity index (χ4n) is 2.81. The number of hydrogen-bond acceptors (Lipinski definition) is 4. The van der Waals surface area contributed by atoms with E-state index in [1.165, 1.54) is 6.33 Å². The number of anilines is 1. The maximum Gasteiger partial charge on any atom is 0.272 e. The minimum absolute atomic E-state index is 0.0528. The predicted molar refractivity (Wildman–Crippen MR) is 102 cm³/mol. The van der Waals surface area contributed by atoms with Crippen molar-refractivity contribution in [3.05, 3.63) is 54.0 Å². The minimum Gasteiger partial charge on any atom is -0.357 e. The molecule has 0 aliphatic rings. The fourth-order valence-corrected chi connectivity index (χ4v) is 2.81. The lowest BCUT2D eigenvalue weighted by atomic mass is 10.2. The van der Waals surface area contributed by atoms with Gasteiger partial charge in [-0.3, -0.25) is 4.79 Å². The molecule has 1 amide bonds. The van der Waals surface area contributed by atoms with E-state index in [0.717, 1.165) is 37.3 Å². The highest BCUT2D eigenvalue weighted by Gasteiger charge is 2.18. The van der Waals surface area contributed by atoms with Crippen molar-refractivity contribution in [2.45, 2.75) is 40.2 Å². The number of rotatable bonds is 9. The molecule has 25 heavy (non-hydrogen) atoms. The van der Waals surface area contributed by atoms with Crippen LogP contribution in [0.5, 0.6) is 0 Å². The number of benzene rings is 1. The molecule has 0 saturated heterocycles. The molecule has 1 aromatic heterocycles. The van der Waals surface area contributed by atoms with Crippen molar-refractivity contribution >= 4 is 11.7 Å². The Labute approximate surface area is 150 Å². The van der Waals surface area contributed by atoms with Crippen molar-refractivity contribution in [2.24, 2.45) is 0 Å². The topological polar surface area (TPSA) is 49.3 Å². The maximum atomic E-state index is 12.9. The number of carbonyl (C=O) groups is 1. The molecule has 1 heterocycles. The second-order valence-electron chi connectivity index (χ2n) is 6.05. The third kappa shape index (κ3) is 5.28. The molecule has 0 atom stereocenters. The minimum atomic E-state index is -0.0528. The monoisotopic (exact) mass is 340 g/mol. The van der Waals surface area contributed by atoms with Gasteiger partial charge < -0.3 is 9.80 Å². The number of amides is 1. The zero-order chi connectivity index (χ0) is 18.1. The normalized spacial score (nSPS) is 10.5. The van der Waals surface area contributed by atoms with Crippen LogP contribution in [-0.2, 0) is 6.54 Å². The van der Waals surface area contributed by atoms with Gasteiger partial charge in [0.1, 0.15) is 17.8 Å². The molecular formula is C20H28N4O. The van der Waals surface area contributed by atoms with Gasteiger partial charge in [-0.1, -0.05) is 44.2 Å². The molecular weight excluding hydrogens is 312 g/mol. The van der Waals surface area contributed by atoms with Crippen LogP contribution in [0.4, 0.5) is 5.82 Å². The molecule has 0 radical (unpaired) electrons. The van der Waals surface area contributed by atoms with Gasteiger partial charge in [-0.25, -0.2) is 9.97 Å². The van der Waals surface area contributed by atoms with E-state index in [-0.39, 0.29) is 5.91 Å². The largest absolute Gasteiger partial charge is 0.357 e. The lowest BCUT2D eigenvalue weighted by Gasteiger charge is -2.24. The SMILES string of the molecule is CCCN(CCC)c1cc(C(=O)N(CC)Cc2ccccc2)ncn1. The van der Waals surface area contributed by atoms with Gasteiger partial charge >= 0.3 is 0 Å². The summed E-state index contributed by atoms with van der Waals surface area (Å²) in [4.78, 5) is 25.5. The van der Waals surface area contributed by atoms with Gasteiger partial charge in [-0.2, -0.15) is 0 Å². The highest BCUT2D eigenvalue weighted by atomic mass is 16.2. The van der Waals surface area contributed by atoms with Crippen LogP contribution in [0.1, 0.15) is 49.7 Å². The Balaban J connectivity index is 2.18. The van der Waals surface area contributed by atoms with Gasteiger partial charge in [-0.15, -0.1) is 0 Å². The zero-order valence-corrected chi connectivity index (χ0v) is 15.5. The number of aromatic nitrogens is 2. The summed E-state index contributed by atoms with van der Waals surface area (Å²) in [5.41, 5.74) is 1.57. The van der Waals surface area contributed by atoms with E-state index in [1.807, 2.05) is 48.2 Å². The Hall–Kier alpha value is -2.43. The summed E-state index contributed by atoms with van der Waals surface area (Å²) in [6.45, 7) is 9.37. The van der Waals surface area contributed by atoms with Crippen LogP contribution < -0.4 is 4.90 Å². The van der Waals surface area contributed by atoms with E-state index >= 15 is 0 Å². The molecule has 0 aliphatic heterocycles. The van der Waals surface area contributed by atoms with Gasteiger partial charge in [0.2, 0.25) is 0 Å². The maximum absolute atomic E-state index is 12.9. The van der Waals surface area contributed by atoms with Crippen LogP contribution in [0.2, 0.25) is 0 Å². The van der Waals surface area contributed by atoms with Gasteiger partial charge in [-0.05, 0) is 25.3 Å². The van der Waals surface area contributed by atoms with Gasteiger partial charge in [0, 0.05) is 32.2 Å². The summed E-state index contributed by atoms with van der Waals surface area (Å²) in [7, 11) is 0. The summed E-state index contributed by atoms with van der Waals surface area (Å²) in [6.07, 6.45) is 3.59. The predicted octanol–water partition coefficient (Wildman–Crippen LogP) is 3.77. The Bertz CT molecular complexity index is 654. The van der Waals surface area contributed by atoms with Crippen molar-refractivity contribution in [3.8, 4) is 0 Å². The number of nitrogens with zero attached hydrogens (tertiary/aromatic N) is 4. The third-order valence-electron chi connectivity index (χ3n) is 4.07. The fraction of sp³-hybridized carbons (Fsp3) is 0.450. The highest BCUT2D eigenvalue weighted by molar-refractivity contribution is 5.92. The standard InChI is InChI=1S/C20H28N4O/c1-4-12-24(13-5-2)19-14-18(21-16-22-19)20(25)23(6-3)15-17-10-8-7-9-11-17/h7-11,14,16H,4-6,12-13,15H2,1-3H3. The molecule has 0 spiro atoms. The smallest absolute Gasteiger partial charge is 0.272 e. The van der Waals surface area contributed by atoms with Crippen molar-refractivity contribution in [1.82, 2.24) is 14.9 Å². The van der Waals surface area contributed by atoms with Crippen LogP contribution in [0, 0.1) is 0 Å². The van der Waals surface area contributed by atoms with Crippen LogP contribution in [0.25, 0.3) is 0 Å². The summed E-state index contributed by atoms with van der Waals surface area (Å²) in [5, 5.41) is 0. The van der Waals surface area contributed by atoms with Gasteiger partial charge in [0.15, 0.2) is 0 Å². The van der Waals surface area contributed by atoms with Gasteiger partial charge in [0.05, 0.1) is 0 Å². The molecule has 0 fully saturated rings. The Morgan fingerprint density at radius 3 is 2.28 bits per heavy atom. The lowest BCUT2D eigenvalue weighted by Crippen LogP contribution is -2.32. The highest BCUT2D eigenvalue weighted by Crippen LogP contribution is 2.15. The van der Waals surface area contributed by atoms with Gasteiger partial charge in [0.25, 0.3) is 5.91 Å². The lowest BCUT2D eigenvalue weighted by molar-refractivity contribution is 0.0746. The average Bonchev–Trinajstić information content (AvgIpc) is 2.66. The number of carbonyl (C=O) groups excluding carboxylic acids is 1. The van der Waals surface area contributed by atoms with E-state index in [9.17, 15) is 4.79 Å². The first kappa shape index (κ1) is 18.9. The molecule has 5 heteroatoms. The molecule has 0 aliphatic carbocycles. The van der Waals surface area contributed by atoms with Crippen molar-refractivity contribution in [1.29, 1.82) is 0 Å². The van der Waals surface area contributed by atoms with E-state index in [4.69, 9.17) is 0 Å². The van der Waals surface area contributed by atoms with E-state index in [1.54, 1.807) is 0 Å². The first-order valence-corrected chi connectivity index (χ1v) is 9.09. The summed E-state index contributed by atoms with van der Waals surface area (Å²) < 4.78 is 0. The molecule has 5 nitrogen and oxygen atoms in total. The van der Waals surface area contributed by atoms with Crippen LogP contribution in [0.15, 0.2) is 42.7 Å². The second kappa shape index (κ2) is 9.77. The zero-order valence-electron chi connectivity index (χ0n) is 15.5. The van der Waals surface area contributed by atoms with E-state index in [0.29, 0.717) is 18.8 Å². The van der Waals surface area contributed by atoms with Crippen molar-refractivity contribution < 1.29 is 4.79 Å². The summed E-state index contributed by atoms with van der Waals surface area (Å²) >= 11 is 0. The third-order valence-corrected chi connectivity index (χ3v) is 4.07. The molecule has 0 N–H and O–H groups in total. The Kier molecular flexibility index (Phi) is 7.38. The van der Waals surface area contributed by atoms with E-state index < -0.39 is 0 Å². The van der Waals surface area contributed by atoms with Crippen LogP contribution >= 0.6 is 0 Å².